The van der Waals surface area contributed by atoms with E-state index in [2.05, 4.69) is 0 Å². The van der Waals surface area contributed by atoms with Gasteiger partial charge >= 0.3 is 0 Å². The number of sulfonamides is 1. The van der Waals surface area contributed by atoms with Gasteiger partial charge in [-0.15, -0.1) is 11.3 Å². The number of rotatable bonds is 10. The minimum atomic E-state index is -3.66. The van der Waals surface area contributed by atoms with Crippen molar-refractivity contribution in [1.82, 2.24) is 9.21 Å². The van der Waals surface area contributed by atoms with Gasteiger partial charge in [-0.1, -0.05) is 44.2 Å². The molecular weight excluding hydrogens is 444 g/mol. The van der Waals surface area contributed by atoms with Crippen LogP contribution >= 0.6 is 11.3 Å². The molecule has 6 nitrogen and oxygen atoms in total. The van der Waals surface area contributed by atoms with Gasteiger partial charge in [0.2, 0.25) is 10.0 Å². The van der Waals surface area contributed by atoms with Gasteiger partial charge in [-0.25, -0.2) is 8.42 Å². The average Bonchev–Trinajstić information content (AvgIpc) is 3.32. The molecule has 0 aliphatic heterocycles. The van der Waals surface area contributed by atoms with Gasteiger partial charge in [0.1, 0.15) is 5.75 Å². The molecule has 0 atom stereocenters. The molecule has 0 aliphatic rings. The number of hydrogen-bond donors (Lipinski definition) is 0. The maximum absolute atomic E-state index is 13.5. The SMILES string of the molecule is CCN(CC)S(=O)(=O)c1cccc(C(=O)N(Cc2cccs2)Cc2ccccc2OC)c1. The number of carbonyl (C=O) groups is 1. The van der Waals surface area contributed by atoms with Crippen molar-refractivity contribution >= 4 is 27.3 Å². The standard InChI is InChI=1S/C24H28N2O4S2/c1-4-26(5-2)32(28,29)22-13-8-11-19(16-22)24(27)25(18-21-12-9-15-31-21)17-20-10-6-7-14-23(20)30-3/h6-16H,4-5,17-18H2,1-3H3. The molecule has 0 aliphatic carbocycles. The van der Waals surface area contributed by atoms with Crippen LogP contribution in [0.2, 0.25) is 0 Å². The molecular formula is C24H28N2O4S2. The Balaban J connectivity index is 1.96. The third kappa shape index (κ3) is 5.38. The van der Waals surface area contributed by atoms with Crippen molar-refractivity contribution in [1.29, 1.82) is 0 Å². The lowest BCUT2D eigenvalue weighted by Gasteiger charge is -2.24. The number of benzene rings is 2. The summed E-state index contributed by atoms with van der Waals surface area (Å²) in [6.07, 6.45) is 0. The molecule has 0 fully saturated rings. The summed E-state index contributed by atoms with van der Waals surface area (Å²) in [5.74, 6) is 0.468. The second kappa shape index (κ2) is 10.8. The number of hydrogen-bond acceptors (Lipinski definition) is 5. The van der Waals surface area contributed by atoms with E-state index in [0.29, 0.717) is 37.5 Å². The molecule has 1 amide bonds. The third-order valence-electron chi connectivity index (χ3n) is 5.19. The first-order valence-electron chi connectivity index (χ1n) is 10.4. The second-order valence-electron chi connectivity index (χ2n) is 7.17. The van der Waals surface area contributed by atoms with E-state index < -0.39 is 10.0 Å². The second-order valence-corrected chi connectivity index (χ2v) is 10.1. The van der Waals surface area contributed by atoms with Gasteiger partial charge in [0.15, 0.2) is 0 Å². The van der Waals surface area contributed by atoms with Crippen molar-refractivity contribution in [2.45, 2.75) is 31.8 Å². The van der Waals surface area contributed by atoms with Gasteiger partial charge in [-0.3, -0.25) is 4.79 Å². The monoisotopic (exact) mass is 472 g/mol. The molecule has 32 heavy (non-hydrogen) atoms. The van der Waals surface area contributed by atoms with Crippen LogP contribution in [0.15, 0.2) is 70.9 Å². The Kier molecular flexibility index (Phi) is 8.06. The highest BCUT2D eigenvalue weighted by atomic mass is 32.2. The Morgan fingerprint density at radius 3 is 2.38 bits per heavy atom. The number of methoxy groups -OCH3 is 1. The summed E-state index contributed by atoms with van der Waals surface area (Å²) in [4.78, 5) is 16.4. The molecule has 3 rings (SSSR count). The molecule has 1 heterocycles. The van der Waals surface area contributed by atoms with E-state index in [9.17, 15) is 13.2 Å². The summed E-state index contributed by atoms with van der Waals surface area (Å²) >= 11 is 1.57. The fraction of sp³-hybridized carbons (Fsp3) is 0.292. The first-order valence-corrected chi connectivity index (χ1v) is 12.8. The molecule has 0 radical (unpaired) electrons. The van der Waals surface area contributed by atoms with E-state index in [1.165, 1.54) is 16.4 Å². The van der Waals surface area contributed by atoms with E-state index >= 15 is 0 Å². The Morgan fingerprint density at radius 2 is 1.72 bits per heavy atom. The third-order valence-corrected chi connectivity index (χ3v) is 8.10. The van der Waals surface area contributed by atoms with E-state index in [0.717, 1.165) is 10.4 Å². The first-order chi connectivity index (χ1) is 15.4. The minimum absolute atomic E-state index is 0.125. The fourth-order valence-corrected chi connectivity index (χ4v) is 5.74. The Labute approximate surface area is 194 Å². The van der Waals surface area contributed by atoms with Gasteiger partial charge in [0.05, 0.1) is 25.1 Å². The van der Waals surface area contributed by atoms with Crippen molar-refractivity contribution in [3.8, 4) is 5.75 Å². The Bertz CT molecular complexity index is 1140. The zero-order valence-electron chi connectivity index (χ0n) is 18.5. The Morgan fingerprint density at radius 1 is 0.969 bits per heavy atom. The van der Waals surface area contributed by atoms with E-state index in [-0.39, 0.29) is 10.8 Å². The summed E-state index contributed by atoms with van der Waals surface area (Å²) in [7, 11) is -2.05. The van der Waals surface area contributed by atoms with Crippen molar-refractivity contribution in [2.75, 3.05) is 20.2 Å². The summed E-state index contributed by atoms with van der Waals surface area (Å²) < 4.78 is 32.8. The maximum Gasteiger partial charge on any atom is 0.254 e. The molecule has 3 aromatic rings. The molecule has 0 unspecified atom stereocenters. The van der Waals surface area contributed by atoms with Gasteiger partial charge < -0.3 is 9.64 Å². The van der Waals surface area contributed by atoms with E-state index in [1.807, 2.05) is 41.8 Å². The van der Waals surface area contributed by atoms with E-state index in [1.54, 1.807) is 49.3 Å². The highest BCUT2D eigenvalue weighted by Gasteiger charge is 2.24. The maximum atomic E-state index is 13.5. The summed E-state index contributed by atoms with van der Waals surface area (Å²) in [6, 6.07) is 17.8. The van der Waals surface area contributed by atoms with Crippen molar-refractivity contribution < 1.29 is 17.9 Å². The lowest BCUT2D eigenvalue weighted by Crippen LogP contribution is -2.32. The Hall–Kier alpha value is -2.68. The first kappa shape index (κ1) is 24.0. The largest absolute Gasteiger partial charge is 0.496 e. The molecule has 0 spiro atoms. The van der Waals surface area contributed by atoms with Crippen molar-refractivity contribution in [3.05, 3.63) is 82.0 Å². The molecule has 170 valence electrons. The van der Waals surface area contributed by atoms with Crippen LogP contribution in [0.5, 0.6) is 5.75 Å². The van der Waals surface area contributed by atoms with E-state index in [4.69, 9.17) is 4.74 Å². The van der Waals surface area contributed by atoms with Gasteiger partial charge in [0, 0.05) is 29.1 Å². The molecule has 0 bridgehead atoms. The van der Waals surface area contributed by atoms with Crippen LogP contribution in [0.4, 0.5) is 0 Å². The lowest BCUT2D eigenvalue weighted by molar-refractivity contribution is 0.0730. The molecule has 0 N–H and O–H groups in total. The van der Waals surface area contributed by atoms with Crippen LogP contribution in [0.3, 0.4) is 0 Å². The number of para-hydroxylation sites is 1. The van der Waals surface area contributed by atoms with Crippen LogP contribution in [0.1, 0.15) is 34.6 Å². The van der Waals surface area contributed by atoms with Gasteiger partial charge in [0.25, 0.3) is 5.91 Å². The fourth-order valence-electron chi connectivity index (χ4n) is 3.51. The zero-order valence-corrected chi connectivity index (χ0v) is 20.2. The van der Waals surface area contributed by atoms with Crippen LogP contribution in [0, 0.1) is 0 Å². The topological polar surface area (TPSA) is 66.9 Å². The zero-order chi connectivity index (χ0) is 23.1. The van der Waals surface area contributed by atoms with Crippen LogP contribution in [-0.2, 0) is 23.1 Å². The molecule has 0 saturated carbocycles. The predicted octanol–water partition coefficient (Wildman–Crippen LogP) is 4.63. The quantitative estimate of drug-likeness (QED) is 0.432. The number of amides is 1. The highest BCUT2D eigenvalue weighted by Crippen LogP contribution is 2.24. The number of ether oxygens (including phenoxy) is 1. The lowest BCUT2D eigenvalue weighted by atomic mass is 10.1. The number of thiophene rings is 1. The van der Waals surface area contributed by atoms with Crippen LogP contribution in [0.25, 0.3) is 0 Å². The number of nitrogens with zero attached hydrogens (tertiary/aromatic N) is 2. The normalized spacial score (nSPS) is 11.5. The minimum Gasteiger partial charge on any atom is -0.496 e. The van der Waals surface area contributed by atoms with Crippen molar-refractivity contribution in [2.24, 2.45) is 0 Å². The van der Waals surface area contributed by atoms with Crippen LogP contribution < -0.4 is 4.74 Å². The summed E-state index contributed by atoms with van der Waals surface area (Å²) in [5, 5.41) is 1.97. The molecule has 2 aromatic carbocycles. The molecule has 0 saturated heterocycles. The average molecular weight is 473 g/mol. The highest BCUT2D eigenvalue weighted by molar-refractivity contribution is 7.89. The number of carbonyl (C=O) groups excluding carboxylic acids is 1. The smallest absolute Gasteiger partial charge is 0.254 e. The molecule has 1 aromatic heterocycles. The molecule has 8 heteroatoms. The van der Waals surface area contributed by atoms with Crippen LogP contribution in [-0.4, -0.2) is 43.7 Å². The predicted molar refractivity (Wildman–Crippen MR) is 127 cm³/mol. The van der Waals surface area contributed by atoms with Gasteiger partial charge in [-0.05, 0) is 35.7 Å². The van der Waals surface area contributed by atoms with Crippen molar-refractivity contribution in [3.63, 3.8) is 0 Å². The summed E-state index contributed by atoms with van der Waals surface area (Å²) in [5.41, 5.74) is 1.22. The summed E-state index contributed by atoms with van der Waals surface area (Å²) in [6.45, 7) is 5.10. The van der Waals surface area contributed by atoms with Gasteiger partial charge in [-0.2, -0.15) is 4.31 Å².